The highest BCUT2D eigenvalue weighted by Crippen LogP contribution is 2.35. The van der Waals surface area contributed by atoms with Gasteiger partial charge in [0.05, 0.1) is 17.3 Å². The van der Waals surface area contributed by atoms with Gasteiger partial charge in [0, 0.05) is 13.0 Å². The van der Waals surface area contributed by atoms with Crippen molar-refractivity contribution in [3.63, 3.8) is 0 Å². The highest BCUT2D eigenvalue weighted by molar-refractivity contribution is 6.05. The van der Waals surface area contributed by atoms with E-state index in [0.717, 1.165) is 42.4 Å². The molecule has 27 heavy (non-hydrogen) atoms. The molecule has 1 aliphatic carbocycles. The van der Waals surface area contributed by atoms with E-state index in [-0.39, 0.29) is 17.9 Å². The number of anilines is 1. The third-order valence-corrected chi connectivity index (χ3v) is 5.55. The highest BCUT2D eigenvalue weighted by atomic mass is 16.3. The molecule has 4 rings (SSSR count). The zero-order valence-corrected chi connectivity index (χ0v) is 15.5. The smallest absolute Gasteiger partial charge is 0.253 e. The number of hydrogen-bond donors (Lipinski definition) is 2. The van der Waals surface area contributed by atoms with Crippen molar-refractivity contribution >= 4 is 17.5 Å². The fourth-order valence-corrected chi connectivity index (χ4v) is 4.19. The summed E-state index contributed by atoms with van der Waals surface area (Å²) >= 11 is 0. The molecule has 2 N–H and O–H groups in total. The molecule has 1 heterocycles. The fourth-order valence-electron chi connectivity index (χ4n) is 4.19. The van der Waals surface area contributed by atoms with Gasteiger partial charge in [-0.1, -0.05) is 23.8 Å². The number of phenolic OH excluding ortho intramolecular Hbond substituents is 1. The van der Waals surface area contributed by atoms with Gasteiger partial charge in [-0.25, -0.2) is 0 Å². The molecule has 1 aliphatic heterocycles. The lowest BCUT2D eigenvalue weighted by molar-refractivity contribution is -0.117. The zero-order chi connectivity index (χ0) is 19.0. The van der Waals surface area contributed by atoms with Crippen LogP contribution >= 0.6 is 0 Å². The second-order valence-corrected chi connectivity index (χ2v) is 7.43. The number of fused-ring (bicyclic) bond motifs is 1. The van der Waals surface area contributed by atoms with E-state index in [0.29, 0.717) is 30.0 Å². The maximum Gasteiger partial charge on any atom is 0.253 e. The summed E-state index contributed by atoms with van der Waals surface area (Å²) in [5.41, 5.74) is 4.12. The number of carbonyl (C=O) groups excluding carboxylic acids is 2. The highest BCUT2D eigenvalue weighted by Gasteiger charge is 2.28. The molecule has 0 saturated carbocycles. The summed E-state index contributed by atoms with van der Waals surface area (Å²) in [7, 11) is 0. The van der Waals surface area contributed by atoms with Gasteiger partial charge in [-0.2, -0.15) is 0 Å². The molecule has 2 amide bonds. The molecule has 0 bridgehead atoms. The number of nitrogens with one attached hydrogen (secondary N) is 1. The van der Waals surface area contributed by atoms with Gasteiger partial charge >= 0.3 is 0 Å². The van der Waals surface area contributed by atoms with Crippen molar-refractivity contribution in [2.75, 3.05) is 11.4 Å². The largest absolute Gasteiger partial charge is 0.508 e. The van der Waals surface area contributed by atoms with Gasteiger partial charge in [0.25, 0.3) is 5.91 Å². The number of phenols is 1. The number of amides is 2. The van der Waals surface area contributed by atoms with Crippen LogP contribution in [-0.2, 0) is 11.2 Å². The average molecular weight is 364 g/mol. The van der Waals surface area contributed by atoms with Gasteiger partial charge in [0.1, 0.15) is 5.75 Å². The molecule has 2 aromatic rings. The minimum absolute atomic E-state index is 0.0702. The van der Waals surface area contributed by atoms with Crippen LogP contribution in [0.3, 0.4) is 0 Å². The monoisotopic (exact) mass is 364 g/mol. The first-order valence-electron chi connectivity index (χ1n) is 9.57. The SMILES string of the molecule is Cc1ccc(N2CCCC2=O)c(C(=O)N[C@H]2CCCc3c(O)cccc32)c1. The van der Waals surface area contributed by atoms with E-state index in [2.05, 4.69) is 5.32 Å². The maximum absolute atomic E-state index is 13.1. The number of aryl methyl sites for hydroxylation is 1. The summed E-state index contributed by atoms with van der Waals surface area (Å²) in [5, 5.41) is 13.3. The quantitative estimate of drug-likeness (QED) is 0.874. The van der Waals surface area contributed by atoms with E-state index in [1.165, 1.54) is 0 Å². The second-order valence-electron chi connectivity index (χ2n) is 7.43. The predicted octanol–water partition coefficient (Wildman–Crippen LogP) is 3.63. The topological polar surface area (TPSA) is 69.6 Å². The van der Waals surface area contributed by atoms with Gasteiger partial charge in [-0.15, -0.1) is 0 Å². The summed E-state index contributed by atoms with van der Waals surface area (Å²) < 4.78 is 0. The lowest BCUT2D eigenvalue weighted by Gasteiger charge is -2.28. The van der Waals surface area contributed by atoms with Crippen molar-refractivity contribution in [3.8, 4) is 5.75 Å². The molecule has 0 aromatic heterocycles. The molecule has 1 atom stereocenters. The van der Waals surface area contributed by atoms with Crippen LogP contribution in [-0.4, -0.2) is 23.5 Å². The van der Waals surface area contributed by atoms with Crippen molar-refractivity contribution in [2.45, 2.75) is 45.1 Å². The van der Waals surface area contributed by atoms with E-state index in [1.807, 2.05) is 37.3 Å². The van der Waals surface area contributed by atoms with E-state index >= 15 is 0 Å². The Morgan fingerprint density at radius 3 is 2.81 bits per heavy atom. The van der Waals surface area contributed by atoms with E-state index in [9.17, 15) is 14.7 Å². The van der Waals surface area contributed by atoms with Crippen LogP contribution in [0.5, 0.6) is 5.75 Å². The lowest BCUT2D eigenvalue weighted by Crippen LogP contribution is -2.33. The number of aromatic hydroxyl groups is 1. The molecule has 0 spiro atoms. The van der Waals surface area contributed by atoms with Gasteiger partial charge in [-0.05, 0) is 61.9 Å². The van der Waals surface area contributed by atoms with Gasteiger partial charge in [-0.3, -0.25) is 9.59 Å². The van der Waals surface area contributed by atoms with Crippen molar-refractivity contribution in [1.29, 1.82) is 0 Å². The third-order valence-electron chi connectivity index (χ3n) is 5.55. The minimum Gasteiger partial charge on any atom is -0.508 e. The molecule has 1 fully saturated rings. The Morgan fingerprint density at radius 2 is 2.04 bits per heavy atom. The van der Waals surface area contributed by atoms with E-state index < -0.39 is 0 Å². The van der Waals surface area contributed by atoms with Crippen molar-refractivity contribution < 1.29 is 14.7 Å². The van der Waals surface area contributed by atoms with E-state index in [4.69, 9.17) is 0 Å². The van der Waals surface area contributed by atoms with Gasteiger partial charge in [0.15, 0.2) is 0 Å². The molecule has 2 aliphatic rings. The number of hydrogen-bond acceptors (Lipinski definition) is 3. The first-order valence-corrected chi connectivity index (χ1v) is 9.57. The molecular weight excluding hydrogens is 340 g/mol. The Bertz CT molecular complexity index is 906. The molecule has 0 radical (unpaired) electrons. The Hall–Kier alpha value is -2.82. The van der Waals surface area contributed by atoms with Crippen LogP contribution in [0, 0.1) is 6.92 Å². The van der Waals surface area contributed by atoms with Gasteiger partial charge in [0.2, 0.25) is 5.91 Å². The standard InChI is InChI=1S/C22H24N2O3/c1-14-10-11-19(24-12-4-9-21(24)26)17(13-14)22(27)23-18-7-2-6-16-15(18)5-3-8-20(16)25/h3,5,8,10-11,13,18,25H,2,4,6-7,9,12H2,1H3,(H,23,27)/t18-/m0/s1. The molecule has 1 saturated heterocycles. The first kappa shape index (κ1) is 17.6. The Labute approximate surface area is 159 Å². The number of rotatable bonds is 3. The van der Waals surface area contributed by atoms with Crippen LogP contribution in [0.1, 0.15) is 58.8 Å². The zero-order valence-electron chi connectivity index (χ0n) is 15.5. The maximum atomic E-state index is 13.1. The number of nitrogens with zero attached hydrogens (tertiary/aromatic N) is 1. The normalized spacial score (nSPS) is 19.1. The van der Waals surface area contributed by atoms with E-state index in [1.54, 1.807) is 11.0 Å². The molecule has 2 aromatic carbocycles. The van der Waals surface area contributed by atoms with Crippen molar-refractivity contribution in [2.24, 2.45) is 0 Å². The summed E-state index contributed by atoms with van der Waals surface area (Å²) in [6.45, 7) is 2.60. The number of carbonyl (C=O) groups is 2. The molecule has 5 heteroatoms. The predicted molar refractivity (Wildman–Crippen MR) is 104 cm³/mol. The first-order chi connectivity index (χ1) is 13.0. The van der Waals surface area contributed by atoms with Crippen LogP contribution in [0.15, 0.2) is 36.4 Å². The van der Waals surface area contributed by atoms with Gasteiger partial charge < -0.3 is 15.3 Å². The summed E-state index contributed by atoms with van der Waals surface area (Å²) in [6, 6.07) is 11.0. The third kappa shape index (κ3) is 3.29. The molecule has 0 unspecified atom stereocenters. The minimum atomic E-state index is -0.172. The Balaban J connectivity index is 1.64. The Kier molecular flexibility index (Phi) is 4.60. The van der Waals surface area contributed by atoms with Crippen LogP contribution in [0.2, 0.25) is 0 Å². The van der Waals surface area contributed by atoms with Crippen LogP contribution in [0.4, 0.5) is 5.69 Å². The number of benzene rings is 2. The summed E-state index contributed by atoms with van der Waals surface area (Å²) in [5.74, 6) is 0.195. The fraction of sp³-hybridized carbons (Fsp3) is 0.364. The van der Waals surface area contributed by atoms with Crippen molar-refractivity contribution in [3.05, 3.63) is 58.7 Å². The summed E-state index contributed by atoms with van der Waals surface area (Å²) in [6.07, 6.45) is 3.94. The average Bonchev–Trinajstić information content (AvgIpc) is 3.08. The second kappa shape index (κ2) is 7.06. The molecular formula is C22H24N2O3. The molecule has 140 valence electrons. The summed E-state index contributed by atoms with van der Waals surface area (Å²) in [4.78, 5) is 27.0. The Morgan fingerprint density at radius 1 is 1.19 bits per heavy atom. The van der Waals surface area contributed by atoms with Crippen molar-refractivity contribution in [1.82, 2.24) is 5.32 Å². The van der Waals surface area contributed by atoms with Crippen LogP contribution < -0.4 is 10.2 Å². The lowest BCUT2D eigenvalue weighted by atomic mass is 9.87. The van der Waals surface area contributed by atoms with Crippen LogP contribution in [0.25, 0.3) is 0 Å². The molecule has 5 nitrogen and oxygen atoms in total.